The molecule has 0 atom stereocenters. The van der Waals surface area contributed by atoms with E-state index in [4.69, 9.17) is 21.7 Å². The van der Waals surface area contributed by atoms with Crippen molar-refractivity contribution in [2.45, 2.75) is 33.4 Å². The second-order valence-electron chi connectivity index (χ2n) is 6.00. The Hall–Kier alpha value is -1.40. The molecule has 0 spiro atoms. The van der Waals surface area contributed by atoms with E-state index in [1.165, 1.54) is 12.8 Å². The van der Waals surface area contributed by atoms with Gasteiger partial charge in [-0.25, -0.2) is 4.68 Å². The van der Waals surface area contributed by atoms with Gasteiger partial charge in [-0.2, -0.15) is 5.10 Å². The minimum Gasteiger partial charge on any atom is -0.469 e. The van der Waals surface area contributed by atoms with Crippen molar-refractivity contribution in [3.8, 4) is 11.4 Å². The molecule has 1 aliphatic heterocycles. The number of piperidine rings is 1. The lowest BCUT2D eigenvalue weighted by Crippen LogP contribution is -2.34. The largest absolute Gasteiger partial charge is 0.469 e. The van der Waals surface area contributed by atoms with Gasteiger partial charge >= 0.3 is 0 Å². The van der Waals surface area contributed by atoms with E-state index >= 15 is 0 Å². The summed E-state index contributed by atoms with van der Waals surface area (Å²) in [7, 11) is 1.96. The first-order chi connectivity index (χ1) is 10.1. The Balaban J connectivity index is 1.84. The molecule has 0 unspecified atom stereocenters. The number of furan rings is 1. The third kappa shape index (κ3) is 2.82. The van der Waals surface area contributed by atoms with Gasteiger partial charge in [-0.15, -0.1) is 0 Å². The van der Waals surface area contributed by atoms with E-state index < -0.39 is 0 Å². The summed E-state index contributed by atoms with van der Waals surface area (Å²) >= 11 is 5.53. The van der Waals surface area contributed by atoms with Gasteiger partial charge in [0.2, 0.25) is 0 Å². The van der Waals surface area contributed by atoms with Crippen LogP contribution in [0.5, 0.6) is 0 Å². The lowest BCUT2D eigenvalue weighted by molar-refractivity contribution is 0.146. The third-order valence-corrected chi connectivity index (χ3v) is 4.84. The van der Waals surface area contributed by atoms with Gasteiger partial charge in [-0.1, -0.05) is 6.92 Å². The smallest absolute Gasteiger partial charge is 0.199 e. The molecule has 0 radical (unpaired) electrons. The van der Waals surface area contributed by atoms with Gasteiger partial charge in [-0.05, 0) is 44.0 Å². The highest BCUT2D eigenvalue weighted by Gasteiger charge is 2.18. The summed E-state index contributed by atoms with van der Waals surface area (Å²) in [4.78, 5) is 2.43. The molecule has 114 valence electrons. The number of rotatable bonds is 3. The number of aromatic nitrogens is 3. The maximum atomic E-state index is 5.53. The maximum absolute atomic E-state index is 5.53. The summed E-state index contributed by atoms with van der Waals surface area (Å²) in [5.41, 5.74) is 1.01. The van der Waals surface area contributed by atoms with Crippen molar-refractivity contribution in [1.29, 1.82) is 0 Å². The van der Waals surface area contributed by atoms with Crippen LogP contribution < -0.4 is 0 Å². The number of nitrogens with zero attached hydrogens (tertiary/aromatic N) is 4. The fourth-order valence-electron chi connectivity index (χ4n) is 2.82. The van der Waals surface area contributed by atoms with E-state index in [0.717, 1.165) is 47.6 Å². The average molecular weight is 306 g/mol. The van der Waals surface area contributed by atoms with Crippen molar-refractivity contribution in [3.05, 3.63) is 22.9 Å². The monoisotopic (exact) mass is 306 g/mol. The van der Waals surface area contributed by atoms with Crippen molar-refractivity contribution in [1.82, 2.24) is 19.2 Å². The fraction of sp³-hybridized carbons (Fsp3) is 0.600. The molecule has 5 nitrogen and oxygen atoms in total. The molecule has 21 heavy (non-hydrogen) atoms. The Kier molecular flexibility index (Phi) is 3.99. The van der Waals surface area contributed by atoms with Gasteiger partial charge in [-0.3, -0.25) is 4.90 Å². The molecule has 3 rings (SSSR count). The minimum atomic E-state index is 0.754. The third-order valence-electron chi connectivity index (χ3n) is 4.35. The van der Waals surface area contributed by atoms with Crippen LogP contribution in [0.2, 0.25) is 0 Å². The van der Waals surface area contributed by atoms with E-state index in [2.05, 4.69) is 11.8 Å². The Morgan fingerprint density at radius 2 is 2.10 bits per heavy atom. The number of aryl methyl sites for hydroxylation is 1. The van der Waals surface area contributed by atoms with Crippen molar-refractivity contribution < 1.29 is 4.42 Å². The summed E-state index contributed by atoms with van der Waals surface area (Å²) in [6.07, 6.45) is 4.21. The first-order valence-electron chi connectivity index (χ1n) is 7.47. The highest BCUT2D eigenvalue weighted by atomic mass is 32.1. The van der Waals surface area contributed by atoms with Crippen molar-refractivity contribution in [2.24, 2.45) is 13.0 Å². The molecule has 1 saturated heterocycles. The molecule has 0 saturated carbocycles. The van der Waals surface area contributed by atoms with Crippen LogP contribution in [0.1, 0.15) is 25.5 Å². The highest BCUT2D eigenvalue weighted by Crippen LogP contribution is 2.23. The van der Waals surface area contributed by atoms with Gasteiger partial charge in [0, 0.05) is 20.1 Å². The van der Waals surface area contributed by atoms with Crippen molar-refractivity contribution >= 4 is 12.2 Å². The Morgan fingerprint density at radius 1 is 1.38 bits per heavy atom. The lowest BCUT2D eigenvalue weighted by Gasteiger charge is -2.29. The van der Waals surface area contributed by atoms with E-state index in [0.29, 0.717) is 0 Å². The molecule has 0 bridgehead atoms. The molecule has 0 amide bonds. The summed E-state index contributed by atoms with van der Waals surface area (Å²) in [5, 5.41) is 4.70. The van der Waals surface area contributed by atoms with E-state index in [1.54, 1.807) is 6.26 Å². The summed E-state index contributed by atoms with van der Waals surface area (Å²) in [6, 6.07) is 1.94. The SMILES string of the molecule is Cc1occc1-c1nn(CN2CCC(C)CC2)c(=S)n1C. The quantitative estimate of drug-likeness (QED) is 0.816. The lowest BCUT2D eigenvalue weighted by atomic mass is 10.00. The highest BCUT2D eigenvalue weighted by molar-refractivity contribution is 7.71. The normalized spacial score (nSPS) is 17.5. The molecule has 6 heteroatoms. The zero-order valence-corrected chi connectivity index (χ0v) is 13.7. The standard InChI is InChI=1S/C15H22N4OS/c1-11-4-7-18(8-5-11)10-19-15(21)17(3)14(16-19)13-6-9-20-12(13)2/h6,9,11H,4-5,7-8,10H2,1-3H3. The van der Waals surface area contributed by atoms with Gasteiger partial charge in [0.15, 0.2) is 10.6 Å². The van der Waals surface area contributed by atoms with Crippen LogP contribution in [0.15, 0.2) is 16.7 Å². The van der Waals surface area contributed by atoms with Crippen LogP contribution in [-0.2, 0) is 13.7 Å². The van der Waals surface area contributed by atoms with Crippen LogP contribution in [0.3, 0.4) is 0 Å². The molecule has 0 aromatic carbocycles. The molecule has 1 fully saturated rings. The van der Waals surface area contributed by atoms with Gasteiger partial charge in [0.05, 0.1) is 18.5 Å². The molecule has 0 N–H and O–H groups in total. The first-order valence-corrected chi connectivity index (χ1v) is 7.87. The molecule has 2 aromatic rings. The van der Waals surface area contributed by atoms with Crippen LogP contribution in [0.25, 0.3) is 11.4 Å². The van der Waals surface area contributed by atoms with Crippen LogP contribution >= 0.6 is 12.2 Å². The van der Waals surface area contributed by atoms with Gasteiger partial charge in [0.25, 0.3) is 0 Å². The van der Waals surface area contributed by atoms with Crippen LogP contribution in [0.4, 0.5) is 0 Å². The zero-order chi connectivity index (χ0) is 15.0. The summed E-state index contributed by atoms with van der Waals surface area (Å²) in [5.74, 6) is 2.58. The van der Waals surface area contributed by atoms with Crippen LogP contribution in [0, 0.1) is 17.6 Å². The van der Waals surface area contributed by atoms with E-state index in [-0.39, 0.29) is 0 Å². The predicted octanol–water partition coefficient (Wildman–Crippen LogP) is 3.21. The van der Waals surface area contributed by atoms with E-state index in [1.807, 2.05) is 29.3 Å². The predicted molar refractivity (Wildman–Crippen MR) is 84.4 cm³/mol. The first kappa shape index (κ1) is 14.5. The Bertz CT molecular complexity index is 676. The van der Waals surface area contributed by atoms with Crippen molar-refractivity contribution in [2.75, 3.05) is 13.1 Å². The second kappa shape index (κ2) is 5.77. The molecule has 2 aromatic heterocycles. The Morgan fingerprint density at radius 3 is 2.71 bits per heavy atom. The molecular formula is C15H22N4OS. The zero-order valence-electron chi connectivity index (χ0n) is 12.9. The van der Waals surface area contributed by atoms with Crippen molar-refractivity contribution in [3.63, 3.8) is 0 Å². The molecule has 1 aliphatic rings. The Labute approximate surface area is 130 Å². The maximum Gasteiger partial charge on any atom is 0.199 e. The number of likely N-dealkylation sites (tertiary alicyclic amines) is 1. The van der Waals surface area contributed by atoms with E-state index in [9.17, 15) is 0 Å². The number of hydrogen-bond donors (Lipinski definition) is 0. The topological polar surface area (TPSA) is 39.1 Å². The fourth-order valence-corrected chi connectivity index (χ4v) is 3.01. The minimum absolute atomic E-state index is 0.754. The van der Waals surface area contributed by atoms with Gasteiger partial charge in [0.1, 0.15) is 5.76 Å². The number of hydrogen-bond acceptors (Lipinski definition) is 4. The molecule has 3 heterocycles. The van der Waals surface area contributed by atoms with Crippen LogP contribution in [-0.4, -0.2) is 32.3 Å². The molecular weight excluding hydrogens is 284 g/mol. The summed E-state index contributed by atoms with van der Waals surface area (Å²) in [6.45, 7) is 7.29. The van der Waals surface area contributed by atoms with Gasteiger partial charge < -0.3 is 8.98 Å². The molecule has 0 aliphatic carbocycles. The summed E-state index contributed by atoms with van der Waals surface area (Å²) < 4.78 is 10.0. The average Bonchev–Trinajstić information content (AvgIpc) is 3.00. The second-order valence-corrected chi connectivity index (χ2v) is 6.36.